The molecule has 1 aliphatic heterocycles. The van der Waals surface area contributed by atoms with E-state index in [1.54, 1.807) is 36.4 Å². The van der Waals surface area contributed by atoms with Crippen molar-refractivity contribution in [2.45, 2.75) is 19.2 Å². The third-order valence-corrected chi connectivity index (χ3v) is 9.59. The van der Waals surface area contributed by atoms with Gasteiger partial charge in [0.2, 0.25) is 16.5 Å². The molecule has 0 bridgehead atoms. The Balaban J connectivity index is 1.54. The predicted octanol–water partition coefficient (Wildman–Crippen LogP) is 6.20. The molecule has 2 aromatic carbocycles. The van der Waals surface area contributed by atoms with E-state index in [1.807, 2.05) is 29.8 Å². The van der Waals surface area contributed by atoms with Crippen molar-refractivity contribution < 1.29 is 39.7 Å². The highest BCUT2D eigenvalue weighted by molar-refractivity contribution is 7.90. The second kappa shape index (κ2) is 10.4. The Kier molecular flexibility index (Phi) is 6.97. The maximum absolute atomic E-state index is 12.4. The van der Waals surface area contributed by atoms with E-state index < -0.39 is 31.1 Å². The minimum atomic E-state index is -4.81. The normalized spacial score (nSPS) is 14.9. The highest BCUT2D eigenvalue weighted by Gasteiger charge is 2.36. The summed E-state index contributed by atoms with van der Waals surface area (Å²) in [6, 6.07) is 10.9. The smallest absolute Gasteiger partial charge is 0.375 e. The van der Waals surface area contributed by atoms with Crippen molar-refractivity contribution in [2.24, 2.45) is 0 Å². The van der Waals surface area contributed by atoms with Crippen LogP contribution in [0, 0.1) is 0 Å². The predicted molar refractivity (Wildman–Crippen MR) is 162 cm³/mol. The van der Waals surface area contributed by atoms with Gasteiger partial charge in [-0.1, -0.05) is 12.7 Å². The van der Waals surface area contributed by atoms with Crippen LogP contribution in [0.4, 0.5) is 5.69 Å². The average molecular weight is 642 g/mol. The van der Waals surface area contributed by atoms with Crippen molar-refractivity contribution in [3.63, 3.8) is 0 Å². The zero-order valence-corrected chi connectivity index (χ0v) is 25.0. The highest BCUT2D eigenvalue weighted by Crippen LogP contribution is 2.46. The van der Waals surface area contributed by atoms with E-state index in [0.717, 1.165) is 20.2 Å². The molecule has 5 aromatic rings. The monoisotopic (exact) mass is 641 g/mol. The van der Waals surface area contributed by atoms with Gasteiger partial charge in [0.05, 0.1) is 11.8 Å². The Labute approximate surface area is 248 Å². The number of oxazole rings is 1. The Bertz CT molecular complexity index is 2290. The summed E-state index contributed by atoms with van der Waals surface area (Å²) in [6.07, 6.45) is 3.51. The molecule has 0 saturated carbocycles. The molecule has 10 nitrogen and oxygen atoms in total. The number of allylic oxidation sites excluding steroid dienone is 2. The van der Waals surface area contributed by atoms with Gasteiger partial charge in [-0.3, -0.25) is 14.0 Å². The molecule has 14 heteroatoms. The van der Waals surface area contributed by atoms with Gasteiger partial charge in [0.25, 0.3) is 11.4 Å². The molecule has 6 rings (SSSR count). The number of hydrogen-bond donors (Lipinski definition) is 2. The number of nitrogens with zero attached hydrogens (tertiary/aromatic N) is 2. The molecular weight excluding hydrogens is 621 g/mol. The van der Waals surface area contributed by atoms with Crippen molar-refractivity contribution in [1.29, 1.82) is 0 Å². The Hall–Kier alpha value is -3.97. The van der Waals surface area contributed by atoms with Crippen LogP contribution in [-0.2, 0) is 26.1 Å². The number of anilines is 1. The fraction of sp³-hybridized carbons (Fsp3) is 0.107. The van der Waals surface area contributed by atoms with Crippen molar-refractivity contribution in [3.05, 3.63) is 93.7 Å². The molecule has 0 atom stereocenters. The minimum absolute atomic E-state index is 0.0316. The van der Waals surface area contributed by atoms with Crippen LogP contribution in [0.25, 0.3) is 37.3 Å². The number of hydrogen-bond acceptors (Lipinski definition) is 9. The second-order valence-corrected chi connectivity index (χ2v) is 13.9. The van der Waals surface area contributed by atoms with Gasteiger partial charge in [0, 0.05) is 21.5 Å². The van der Waals surface area contributed by atoms with E-state index in [2.05, 4.69) is 18.0 Å². The van der Waals surface area contributed by atoms with Crippen molar-refractivity contribution in [3.8, 4) is 5.75 Å². The molecule has 2 N–H and O–H groups in total. The van der Waals surface area contributed by atoms with Gasteiger partial charge in [-0.25, -0.2) is 0 Å². The fourth-order valence-corrected chi connectivity index (χ4v) is 7.47. The summed E-state index contributed by atoms with van der Waals surface area (Å²) < 4.78 is 83.8. The Morgan fingerprint density at radius 1 is 1.07 bits per heavy atom. The van der Waals surface area contributed by atoms with Crippen LogP contribution in [0.2, 0.25) is 0 Å². The quantitative estimate of drug-likeness (QED) is 0.121. The maximum atomic E-state index is 12.4. The highest BCUT2D eigenvalue weighted by atomic mass is 32.2. The molecule has 42 heavy (non-hydrogen) atoms. The van der Waals surface area contributed by atoms with Crippen LogP contribution in [0.15, 0.2) is 92.2 Å². The number of aromatic nitrogens is 1. The standard InChI is InChI=1S/C28H20N2O8S4/c1-3-5-28(42(34,35)36)30-21-15-25-19(7-9-40-25)13-23(21)38-27(30)11-17(4-2)10-26-29(16-41(31,32)33)20-14-24-18(6-8-39-24)12-22(20)37-26/h6-15H,1,4,16H2,2H3,(H-,31,32,33,34,35,36)/p+1. The van der Waals surface area contributed by atoms with Crippen LogP contribution in [-0.4, -0.2) is 25.9 Å². The lowest BCUT2D eigenvalue weighted by atomic mass is 10.2. The lowest BCUT2D eigenvalue weighted by Gasteiger charge is -2.18. The first-order valence-electron chi connectivity index (χ1n) is 12.3. The van der Waals surface area contributed by atoms with E-state index >= 15 is 0 Å². The Morgan fingerprint density at radius 3 is 2.40 bits per heavy atom. The Morgan fingerprint density at radius 2 is 1.76 bits per heavy atom. The lowest BCUT2D eigenvalue weighted by molar-refractivity contribution is -0.658. The van der Waals surface area contributed by atoms with Gasteiger partial charge in [-0.05, 0) is 76.2 Å². The first-order chi connectivity index (χ1) is 19.9. The number of benzene rings is 2. The summed E-state index contributed by atoms with van der Waals surface area (Å²) >= 11 is 2.93. The first-order valence-corrected chi connectivity index (χ1v) is 17.1. The zero-order valence-electron chi connectivity index (χ0n) is 21.8. The second-order valence-electron chi connectivity index (χ2n) is 9.21. The van der Waals surface area contributed by atoms with Gasteiger partial charge in [0.15, 0.2) is 5.75 Å². The van der Waals surface area contributed by atoms with Crippen molar-refractivity contribution in [1.82, 2.24) is 0 Å². The number of rotatable bonds is 7. The van der Waals surface area contributed by atoms with E-state index in [1.165, 1.54) is 32.1 Å². The molecule has 1 aliphatic rings. The van der Waals surface area contributed by atoms with Crippen LogP contribution >= 0.6 is 22.7 Å². The molecule has 0 radical (unpaired) electrons. The maximum Gasteiger partial charge on any atom is 0.375 e. The molecular formula is C28H21N2O8S4+. The van der Waals surface area contributed by atoms with Gasteiger partial charge >= 0.3 is 26.1 Å². The molecule has 214 valence electrons. The third kappa shape index (κ3) is 5.22. The van der Waals surface area contributed by atoms with Crippen LogP contribution in [0.1, 0.15) is 19.2 Å². The van der Waals surface area contributed by atoms with E-state index in [9.17, 15) is 25.9 Å². The van der Waals surface area contributed by atoms with Crippen LogP contribution in [0.5, 0.6) is 5.75 Å². The van der Waals surface area contributed by atoms with Crippen LogP contribution in [0.3, 0.4) is 0 Å². The number of thiophene rings is 2. The summed E-state index contributed by atoms with van der Waals surface area (Å²) in [5.74, 6) is -0.238. The third-order valence-electron chi connectivity index (χ3n) is 6.48. The largest absolute Gasteiger partial charge is 0.438 e. The fourth-order valence-electron chi connectivity index (χ4n) is 4.65. The molecule has 0 spiro atoms. The van der Waals surface area contributed by atoms with Crippen molar-refractivity contribution >= 4 is 85.9 Å². The molecule has 0 unspecified atom stereocenters. The summed E-state index contributed by atoms with van der Waals surface area (Å²) in [5, 5.41) is 4.96. The zero-order chi connectivity index (χ0) is 29.8. The molecule has 0 aliphatic carbocycles. The van der Waals surface area contributed by atoms with Gasteiger partial charge in [0.1, 0.15) is 0 Å². The summed E-state index contributed by atoms with van der Waals surface area (Å²) in [5.41, 5.74) is 6.45. The SMILES string of the molecule is C=C=C=C(N1C(=CC(=Cc2oc3cc4ccsc4cc3[n+]2CS(=O)(=O)O)CC)Oc2cc3ccsc3cc21)S(=O)(=O)O. The van der Waals surface area contributed by atoms with Gasteiger partial charge < -0.3 is 9.15 Å². The summed E-state index contributed by atoms with van der Waals surface area (Å²) in [4.78, 5) is 1.20. The summed E-state index contributed by atoms with van der Waals surface area (Å²) in [6.45, 7) is 5.24. The van der Waals surface area contributed by atoms with E-state index in [0.29, 0.717) is 34.5 Å². The van der Waals surface area contributed by atoms with E-state index in [4.69, 9.17) is 9.15 Å². The number of fused-ring (bicyclic) bond motifs is 4. The van der Waals surface area contributed by atoms with Gasteiger partial charge in [-0.15, -0.1) is 27.2 Å². The van der Waals surface area contributed by atoms with Gasteiger partial charge in [-0.2, -0.15) is 16.8 Å². The lowest BCUT2D eigenvalue weighted by Crippen LogP contribution is -2.39. The molecule has 0 fully saturated rings. The topological polar surface area (TPSA) is 138 Å². The first kappa shape index (κ1) is 28.2. The molecule has 0 saturated heterocycles. The van der Waals surface area contributed by atoms with Crippen LogP contribution < -0.4 is 14.2 Å². The average Bonchev–Trinajstić information content (AvgIpc) is 3.69. The molecule has 3 aromatic heterocycles. The van der Waals surface area contributed by atoms with E-state index in [-0.39, 0.29) is 11.8 Å². The minimum Gasteiger partial charge on any atom is -0.438 e. The molecule has 4 heterocycles. The van der Waals surface area contributed by atoms with Crippen molar-refractivity contribution in [2.75, 3.05) is 4.90 Å². The summed E-state index contributed by atoms with van der Waals surface area (Å²) in [7, 11) is -9.26. The molecule has 0 amide bonds. The number of ether oxygens (including phenoxy) is 1.